The predicted octanol–water partition coefficient (Wildman–Crippen LogP) is 0.803. The molecule has 0 aromatic carbocycles. The third-order valence-electron chi connectivity index (χ3n) is 2.59. The Bertz CT molecular complexity index is 619. The number of carbonyl (C=O) groups excluding carboxylic acids is 2. The Morgan fingerprint density at radius 2 is 1.84 bits per heavy atom. The Kier molecular flexibility index (Phi) is 3.61. The molecule has 0 bridgehead atoms. The van der Waals surface area contributed by atoms with Gasteiger partial charge in [0.1, 0.15) is 11.4 Å². The molecule has 2 heterocycles. The number of aryl methyl sites for hydroxylation is 2. The van der Waals surface area contributed by atoms with Gasteiger partial charge in [0.2, 0.25) is 0 Å². The molecule has 0 saturated heterocycles. The molecular formula is C13H14N4O2. The van der Waals surface area contributed by atoms with Crippen LogP contribution in [0.15, 0.2) is 36.5 Å². The molecule has 0 aliphatic rings. The average molecular weight is 258 g/mol. The number of hydrazine groups is 1. The second-order valence-electron chi connectivity index (χ2n) is 4.08. The van der Waals surface area contributed by atoms with Gasteiger partial charge in [0.05, 0.1) is 0 Å². The van der Waals surface area contributed by atoms with Gasteiger partial charge in [0, 0.05) is 18.9 Å². The lowest BCUT2D eigenvalue weighted by molar-refractivity contribution is 0.0839. The first-order valence-corrected chi connectivity index (χ1v) is 5.73. The molecule has 0 aliphatic carbocycles. The summed E-state index contributed by atoms with van der Waals surface area (Å²) in [5.41, 5.74) is 6.12. The summed E-state index contributed by atoms with van der Waals surface area (Å²) in [6.45, 7) is 1.79. The number of nitrogens with zero attached hydrogens (tertiary/aromatic N) is 2. The van der Waals surface area contributed by atoms with Crippen molar-refractivity contribution in [3.8, 4) is 0 Å². The smallest absolute Gasteiger partial charge is 0.288 e. The molecule has 2 aromatic heterocycles. The zero-order valence-corrected chi connectivity index (χ0v) is 10.7. The number of pyridine rings is 1. The van der Waals surface area contributed by atoms with Crippen LogP contribution in [0.4, 0.5) is 0 Å². The quantitative estimate of drug-likeness (QED) is 0.782. The fourth-order valence-electron chi connectivity index (χ4n) is 1.61. The van der Waals surface area contributed by atoms with Crippen LogP contribution in [0.5, 0.6) is 0 Å². The van der Waals surface area contributed by atoms with E-state index in [9.17, 15) is 9.59 Å². The summed E-state index contributed by atoms with van der Waals surface area (Å²) in [6.07, 6.45) is 1.75. The molecule has 0 radical (unpaired) electrons. The molecule has 0 aliphatic heterocycles. The van der Waals surface area contributed by atoms with E-state index in [1.54, 1.807) is 55.1 Å². The lowest BCUT2D eigenvalue weighted by atomic mass is 10.3. The van der Waals surface area contributed by atoms with Crippen molar-refractivity contribution in [1.29, 1.82) is 0 Å². The van der Waals surface area contributed by atoms with E-state index in [2.05, 4.69) is 15.8 Å². The molecule has 0 spiro atoms. The maximum absolute atomic E-state index is 11.8. The van der Waals surface area contributed by atoms with Crippen LogP contribution in [-0.2, 0) is 7.05 Å². The van der Waals surface area contributed by atoms with Gasteiger partial charge in [-0.25, -0.2) is 4.98 Å². The molecular weight excluding hydrogens is 244 g/mol. The molecule has 2 amide bonds. The molecule has 6 nitrogen and oxygen atoms in total. The SMILES string of the molecule is Cc1cccc(C(=O)NNC(=O)c2cccn2C)n1. The van der Waals surface area contributed by atoms with Gasteiger partial charge in [0.25, 0.3) is 11.8 Å². The van der Waals surface area contributed by atoms with Crippen LogP contribution in [0.25, 0.3) is 0 Å². The summed E-state index contributed by atoms with van der Waals surface area (Å²) in [5.74, 6) is -0.834. The summed E-state index contributed by atoms with van der Waals surface area (Å²) in [6, 6.07) is 8.51. The van der Waals surface area contributed by atoms with Crippen LogP contribution >= 0.6 is 0 Å². The van der Waals surface area contributed by atoms with Crippen LogP contribution in [0.3, 0.4) is 0 Å². The summed E-state index contributed by atoms with van der Waals surface area (Å²) < 4.78 is 1.66. The first kappa shape index (κ1) is 12.8. The van der Waals surface area contributed by atoms with Crippen molar-refractivity contribution >= 4 is 11.8 Å². The van der Waals surface area contributed by atoms with Gasteiger partial charge in [-0.05, 0) is 31.2 Å². The highest BCUT2D eigenvalue weighted by molar-refractivity contribution is 5.97. The van der Waals surface area contributed by atoms with E-state index in [1.165, 1.54) is 0 Å². The second-order valence-corrected chi connectivity index (χ2v) is 4.08. The van der Waals surface area contributed by atoms with Gasteiger partial charge < -0.3 is 4.57 Å². The Morgan fingerprint density at radius 3 is 2.47 bits per heavy atom. The maximum Gasteiger partial charge on any atom is 0.288 e. The first-order valence-electron chi connectivity index (χ1n) is 5.73. The van der Waals surface area contributed by atoms with Gasteiger partial charge in [-0.2, -0.15) is 0 Å². The Morgan fingerprint density at radius 1 is 1.11 bits per heavy atom. The highest BCUT2D eigenvalue weighted by Gasteiger charge is 2.11. The van der Waals surface area contributed by atoms with Gasteiger partial charge in [0.15, 0.2) is 0 Å². The van der Waals surface area contributed by atoms with Crippen LogP contribution in [-0.4, -0.2) is 21.4 Å². The van der Waals surface area contributed by atoms with Gasteiger partial charge in [-0.3, -0.25) is 20.4 Å². The van der Waals surface area contributed by atoms with E-state index in [0.717, 1.165) is 5.69 Å². The van der Waals surface area contributed by atoms with Crippen molar-refractivity contribution in [1.82, 2.24) is 20.4 Å². The monoisotopic (exact) mass is 258 g/mol. The lowest BCUT2D eigenvalue weighted by Crippen LogP contribution is -2.42. The summed E-state index contributed by atoms with van der Waals surface area (Å²) in [4.78, 5) is 27.6. The first-order chi connectivity index (χ1) is 9.08. The van der Waals surface area contributed by atoms with Crippen LogP contribution < -0.4 is 10.9 Å². The van der Waals surface area contributed by atoms with Crippen molar-refractivity contribution in [2.45, 2.75) is 6.92 Å². The van der Waals surface area contributed by atoms with Crippen LogP contribution in [0.1, 0.15) is 26.7 Å². The van der Waals surface area contributed by atoms with E-state index in [1.807, 2.05) is 0 Å². The number of carbonyl (C=O) groups is 2. The van der Waals surface area contributed by atoms with Crippen molar-refractivity contribution in [2.24, 2.45) is 7.05 Å². The summed E-state index contributed by atoms with van der Waals surface area (Å²) >= 11 is 0. The highest BCUT2D eigenvalue weighted by atomic mass is 16.2. The molecule has 0 saturated carbocycles. The molecule has 2 N–H and O–H groups in total. The average Bonchev–Trinajstić information content (AvgIpc) is 2.82. The zero-order valence-electron chi connectivity index (χ0n) is 10.7. The standard InChI is InChI=1S/C13H14N4O2/c1-9-5-3-6-10(14-9)12(18)15-16-13(19)11-7-4-8-17(11)2/h3-8H,1-2H3,(H,15,18)(H,16,19). The number of rotatable bonds is 2. The molecule has 2 aromatic rings. The van der Waals surface area contributed by atoms with Crippen LogP contribution in [0, 0.1) is 6.92 Å². The van der Waals surface area contributed by atoms with Gasteiger partial charge in [-0.15, -0.1) is 0 Å². The minimum absolute atomic E-state index is 0.257. The Balaban J connectivity index is 1.98. The topological polar surface area (TPSA) is 76.0 Å². The van der Waals surface area contributed by atoms with E-state index < -0.39 is 5.91 Å². The van der Waals surface area contributed by atoms with E-state index in [0.29, 0.717) is 5.69 Å². The second kappa shape index (κ2) is 5.34. The molecule has 2 rings (SSSR count). The number of hydrogen-bond donors (Lipinski definition) is 2. The molecule has 6 heteroatoms. The summed E-state index contributed by atoms with van der Waals surface area (Å²) in [7, 11) is 1.75. The molecule has 0 fully saturated rings. The van der Waals surface area contributed by atoms with Gasteiger partial charge in [-0.1, -0.05) is 6.07 Å². The third kappa shape index (κ3) is 2.98. The van der Waals surface area contributed by atoms with Crippen molar-refractivity contribution < 1.29 is 9.59 Å². The number of nitrogens with one attached hydrogen (secondary N) is 2. The highest BCUT2D eigenvalue weighted by Crippen LogP contribution is 1.99. The zero-order chi connectivity index (χ0) is 13.8. The molecule has 0 unspecified atom stereocenters. The van der Waals surface area contributed by atoms with Gasteiger partial charge >= 0.3 is 0 Å². The largest absolute Gasteiger partial charge is 0.347 e. The Hall–Kier alpha value is -2.63. The summed E-state index contributed by atoms with van der Waals surface area (Å²) in [5, 5.41) is 0. The van der Waals surface area contributed by atoms with E-state index >= 15 is 0 Å². The third-order valence-corrected chi connectivity index (χ3v) is 2.59. The minimum atomic E-state index is -0.453. The van der Waals surface area contributed by atoms with Crippen molar-refractivity contribution in [3.05, 3.63) is 53.6 Å². The molecule has 0 atom stereocenters. The fraction of sp³-hybridized carbons (Fsp3) is 0.154. The van der Waals surface area contributed by atoms with Crippen LogP contribution in [0.2, 0.25) is 0 Å². The molecule has 19 heavy (non-hydrogen) atoms. The van der Waals surface area contributed by atoms with Crippen molar-refractivity contribution in [2.75, 3.05) is 0 Å². The number of hydrogen-bond acceptors (Lipinski definition) is 3. The normalized spacial score (nSPS) is 10.0. The fourth-order valence-corrected chi connectivity index (χ4v) is 1.61. The molecule has 98 valence electrons. The lowest BCUT2D eigenvalue weighted by Gasteiger charge is -2.07. The predicted molar refractivity (Wildman–Crippen MR) is 69.3 cm³/mol. The number of aromatic nitrogens is 2. The van der Waals surface area contributed by atoms with Crippen molar-refractivity contribution in [3.63, 3.8) is 0 Å². The van der Waals surface area contributed by atoms with E-state index in [-0.39, 0.29) is 11.6 Å². The number of amides is 2. The maximum atomic E-state index is 11.8. The minimum Gasteiger partial charge on any atom is -0.347 e. The Labute approximate surface area is 110 Å². The van der Waals surface area contributed by atoms with E-state index in [4.69, 9.17) is 0 Å².